The van der Waals surface area contributed by atoms with Gasteiger partial charge in [-0.3, -0.25) is 4.79 Å². The van der Waals surface area contributed by atoms with Gasteiger partial charge in [0.05, 0.1) is 0 Å². The maximum absolute atomic E-state index is 11.8. The van der Waals surface area contributed by atoms with E-state index in [1.165, 1.54) is 19.1 Å². The topological polar surface area (TPSA) is 26.3 Å². The van der Waals surface area contributed by atoms with Crippen molar-refractivity contribution in [3.05, 3.63) is 29.3 Å². The van der Waals surface area contributed by atoms with E-state index in [0.717, 1.165) is 6.07 Å². The maximum atomic E-state index is 11.8. The van der Waals surface area contributed by atoms with Crippen molar-refractivity contribution in [3.63, 3.8) is 0 Å². The molecule has 76 valence electrons. The molecule has 5 heteroatoms. The van der Waals surface area contributed by atoms with E-state index >= 15 is 0 Å². The molecule has 1 rings (SSSR count). The van der Waals surface area contributed by atoms with Gasteiger partial charge in [-0.15, -0.1) is 13.2 Å². The van der Waals surface area contributed by atoms with Crippen LogP contribution in [0.2, 0.25) is 0 Å². The second-order valence-electron chi connectivity index (χ2n) is 2.64. The molecule has 0 aromatic heterocycles. The molecule has 0 aliphatic heterocycles. The Balaban J connectivity index is 3.04. The van der Waals surface area contributed by atoms with Gasteiger partial charge in [0.1, 0.15) is 12.0 Å². The molecule has 0 fully saturated rings. The van der Waals surface area contributed by atoms with Crippen LogP contribution in [0.5, 0.6) is 5.75 Å². The van der Waals surface area contributed by atoms with Crippen LogP contribution in [0.15, 0.2) is 18.2 Å². The Kier molecular flexibility index (Phi) is 2.78. The summed E-state index contributed by atoms with van der Waals surface area (Å²) in [4.78, 5) is 10.4. The zero-order valence-electron chi connectivity index (χ0n) is 7.26. The molecule has 0 bridgehead atoms. The van der Waals surface area contributed by atoms with Gasteiger partial charge in [0.25, 0.3) is 0 Å². The van der Waals surface area contributed by atoms with Crippen LogP contribution < -0.4 is 4.74 Å². The van der Waals surface area contributed by atoms with E-state index in [1.54, 1.807) is 0 Å². The van der Waals surface area contributed by atoms with Crippen molar-refractivity contribution in [2.24, 2.45) is 0 Å². The van der Waals surface area contributed by atoms with Crippen molar-refractivity contribution < 1.29 is 22.7 Å². The van der Waals surface area contributed by atoms with Gasteiger partial charge in [0.15, 0.2) is 0 Å². The zero-order chi connectivity index (χ0) is 10.8. The summed E-state index contributed by atoms with van der Waals surface area (Å²) in [5, 5.41) is 0. The van der Waals surface area contributed by atoms with E-state index in [2.05, 4.69) is 4.74 Å². The molecule has 0 unspecified atom stereocenters. The Morgan fingerprint density at radius 2 is 2.00 bits per heavy atom. The molecule has 0 aliphatic carbocycles. The Bertz CT molecular complexity index is 344. The molecule has 0 aliphatic rings. The van der Waals surface area contributed by atoms with Gasteiger partial charge in [0.2, 0.25) is 0 Å². The lowest BCUT2D eigenvalue weighted by atomic mass is 10.1. The summed E-state index contributed by atoms with van der Waals surface area (Å²) < 4.78 is 39.3. The summed E-state index contributed by atoms with van der Waals surface area (Å²) in [5.74, 6) is -0.345. The Hall–Kier alpha value is -1.52. The predicted molar refractivity (Wildman–Crippen MR) is 43.2 cm³/mol. The van der Waals surface area contributed by atoms with E-state index in [1.807, 2.05) is 0 Å². The third kappa shape index (κ3) is 2.48. The van der Waals surface area contributed by atoms with Crippen LogP contribution in [-0.2, 0) is 0 Å². The Morgan fingerprint density at radius 3 is 2.50 bits per heavy atom. The second-order valence-corrected chi connectivity index (χ2v) is 2.64. The lowest BCUT2D eigenvalue weighted by Gasteiger charge is -2.11. The van der Waals surface area contributed by atoms with E-state index in [0.29, 0.717) is 6.29 Å². The standard InChI is InChI=1S/C9H7F3O2/c1-6-7(5-13)3-2-4-8(6)14-9(10,11)12/h2-5H,1H3. The number of rotatable bonds is 2. The van der Waals surface area contributed by atoms with E-state index < -0.39 is 6.36 Å². The van der Waals surface area contributed by atoms with Crippen molar-refractivity contribution in [2.45, 2.75) is 13.3 Å². The predicted octanol–water partition coefficient (Wildman–Crippen LogP) is 2.71. The van der Waals surface area contributed by atoms with Crippen molar-refractivity contribution in [1.82, 2.24) is 0 Å². The van der Waals surface area contributed by atoms with Crippen molar-refractivity contribution in [1.29, 1.82) is 0 Å². The fourth-order valence-electron chi connectivity index (χ4n) is 0.994. The van der Waals surface area contributed by atoms with Gasteiger partial charge < -0.3 is 4.74 Å². The molecule has 0 heterocycles. The summed E-state index contributed by atoms with van der Waals surface area (Å²) >= 11 is 0. The molecule has 0 spiro atoms. The molecular weight excluding hydrogens is 197 g/mol. The molecule has 0 atom stereocenters. The molecule has 1 aromatic carbocycles. The molecule has 2 nitrogen and oxygen atoms in total. The summed E-state index contributed by atoms with van der Waals surface area (Å²) in [7, 11) is 0. The van der Waals surface area contributed by atoms with E-state index in [4.69, 9.17) is 0 Å². The summed E-state index contributed by atoms with van der Waals surface area (Å²) in [6.45, 7) is 1.39. The number of alkyl halides is 3. The highest BCUT2D eigenvalue weighted by molar-refractivity contribution is 5.78. The molecular formula is C9H7F3O2. The molecule has 0 amide bonds. The number of ether oxygens (including phenoxy) is 1. The fraction of sp³-hybridized carbons (Fsp3) is 0.222. The molecule has 0 radical (unpaired) electrons. The highest BCUT2D eigenvalue weighted by atomic mass is 19.4. The van der Waals surface area contributed by atoms with Crippen LogP contribution >= 0.6 is 0 Å². The zero-order valence-corrected chi connectivity index (χ0v) is 7.26. The highest BCUT2D eigenvalue weighted by Crippen LogP contribution is 2.27. The van der Waals surface area contributed by atoms with Crippen molar-refractivity contribution in [2.75, 3.05) is 0 Å². The van der Waals surface area contributed by atoms with Crippen LogP contribution in [0.25, 0.3) is 0 Å². The molecule has 1 aromatic rings. The first kappa shape index (κ1) is 10.6. The smallest absolute Gasteiger partial charge is 0.405 e. The van der Waals surface area contributed by atoms with E-state index in [9.17, 15) is 18.0 Å². The van der Waals surface area contributed by atoms with Gasteiger partial charge in [-0.25, -0.2) is 0 Å². The lowest BCUT2D eigenvalue weighted by molar-refractivity contribution is -0.274. The third-order valence-electron chi connectivity index (χ3n) is 1.68. The number of halogens is 3. The average Bonchev–Trinajstić information content (AvgIpc) is 2.06. The largest absolute Gasteiger partial charge is 0.573 e. The molecule has 0 N–H and O–H groups in total. The quantitative estimate of drug-likeness (QED) is 0.692. The monoisotopic (exact) mass is 204 g/mol. The fourth-order valence-corrected chi connectivity index (χ4v) is 0.994. The maximum Gasteiger partial charge on any atom is 0.573 e. The summed E-state index contributed by atoms with van der Waals surface area (Å²) in [5.41, 5.74) is 0.367. The summed E-state index contributed by atoms with van der Waals surface area (Å²) in [6.07, 6.45) is -4.25. The van der Waals surface area contributed by atoms with Crippen LogP contribution in [0.4, 0.5) is 13.2 Å². The van der Waals surface area contributed by atoms with Crippen molar-refractivity contribution in [3.8, 4) is 5.75 Å². The van der Waals surface area contributed by atoms with Crippen LogP contribution in [0.3, 0.4) is 0 Å². The first-order valence-electron chi connectivity index (χ1n) is 3.74. The van der Waals surface area contributed by atoms with Gasteiger partial charge >= 0.3 is 6.36 Å². The first-order chi connectivity index (χ1) is 6.44. The first-order valence-corrected chi connectivity index (χ1v) is 3.74. The van der Waals surface area contributed by atoms with E-state index in [-0.39, 0.29) is 16.9 Å². The minimum absolute atomic E-state index is 0.180. The summed E-state index contributed by atoms with van der Waals surface area (Å²) in [6, 6.07) is 3.92. The van der Waals surface area contributed by atoms with Gasteiger partial charge in [-0.1, -0.05) is 12.1 Å². The van der Waals surface area contributed by atoms with Crippen molar-refractivity contribution >= 4 is 6.29 Å². The number of aldehydes is 1. The number of carbonyl (C=O) groups is 1. The number of hydrogen-bond acceptors (Lipinski definition) is 2. The third-order valence-corrected chi connectivity index (χ3v) is 1.68. The molecule has 14 heavy (non-hydrogen) atoms. The normalized spacial score (nSPS) is 11.1. The highest BCUT2D eigenvalue weighted by Gasteiger charge is 2.31. The van der Waals surface area contributed by atoms with Gasteiger partial charge in [0, 0.05) is 11.1 Å². The number of benzene rings is 1. The minimum atomic E-state index is -4.73. The molecule has 0 saturated carbocycles. The van der Waals surface area contributed by atoms with Crippen LogP contribution in [0, 0.1) is 6.92 Å². The van der Waals surface area contributed by atoms with Crippen LogP contribution in [0.1, 0.15) is 15.9 Å². The number of carbonyl (C=O) groups excluding carboxylic acids is 1. The lowest BCUT2D eigenvalue weighted by Crippen LogP contribution is -2.18. The average molecular weight is 204 g/mol. The Morgan fingerprint density at radius 1 is 1.36 bits per heavy atom. The minimum Gasteiger partial charge on any atom is -0.405 e. The van der Waals surface area contributed by atoms with Crippen LogP contribution in [-0.4, -0.2) is 12.6 Å². The number of hydrogen-bond donors (Lipinski definition) is 0. The van der Waals surface area contributed by atoms with Gasteiger partial charge in [-0.2, -0.15) is 0 Å². The van der Waals surface area contributed by atoms with Gasteiger partial charge in [-0.05, 0) is 13.0 Å². The SMILES string of the molecule is Cc1c(C=O)cccc1OC(F)(F)F. The molecule has 0 saturated heterocycles. The second kappa shape index (κ2) is 3.69. The Labute approximate surface area is 78.3 Å².